The van der Waals surface area contributed by atoms with Crippen molar-refractivity contribution in [3.05, 3.63) is 76.7 Å². The van der Waals surface area contributed by atoms with Gasteiger partial charge in [-0.2, -0.15) is 0 Å². The van der Waals surface area contributed by atoms with E-state index in [1.165, 1.54) is 11.9 Å². The Hall–Kier alpha value is -4.80. The van der Waals surface area contributed by atoms with Crippen LogP contribution in [0.2, 0.25) is 0 Å². The van der Waals surface area contributed by atoms with Crippen molar-refractivity contribution in [3.63, 3.8) is 0 Å². The van der Waals surface area contributed by atoms with Gasteiger partial charge in [-0.3, -0.25) is 14.3 Å². The van der Waals surface area contributed by atoms with Crippen LogP contribution >= 0.6 is 0 Å². The molecular formula is C30H32N8O3. The van der Waals surface area contributed by atoms with Crippen LogP contribution in [0.25, 0.3) is 17.2 Å². The van der Waals surface area contributed by atoms with Crippen molar-refractivity contribution in [2.24, 2.45) is 0 Å². The first-order valence-electron chi connectivity index (χ1n) is 13.7. The first-order valence-corrected chi connectivity index (χ1v) is 13.7. The highest BCUT2D eigenvalue weighted by atomic mass is 16.4. The number of benzene rings is 1. The van der Waals surface area contributed by atoms with Crippen molar-refractivity contribution >= 4 is 23.6 Å². The molecule has 1 fully saturated rings. The molecule has 0 bridgehead atoms. The Morgan fingerprint density at radius 3 is 2.61 bits per heavy atom. The molecule has 1 N–H and O–H groups in total. The van der Waals surface area contributed by atoms with Gasteiger partial charge in [-0.15, -0.1) is 10.2 Å². The number of rotatable bonds is 6. The predicted octanol–water partition coefficient (Wildman–Crippen LogP) is 4.60. The van der Waals surface area contributed by atoms with E-state index in [-0.39, 0.29) is 19.0 Å². The Bertz CT molecular complexity index is 1670. The summed E-state index contributed by atoms with van der Waals surface area (Å²) in [5.41, 5.74) is 4.48. The molecule has 0 aliphatic carbocycles. The summed E-state index contributed by atoms with van der Waals surface area (Å²) in [4.78, 5) is 40.3. The van der Waals surface area contributed by atoms with Crippen LogP contribution in [-0.2, 0) is 13.1 Å². The maximum absolute atomic E-state index is 13.9. The standard InChI is InChI=1S/C30H32N8O3/c1-18-9-5-6-12-25(18)38-20(3)33-34-28(38)23-11-7-13-26(31-23)37-16-22-21(29(37)39)15-27(36-14-8-10-19(36)2)32-24(22)17-35(4)30(40)41/h5-7,9,11-13,15,19H,8,10,14,16-17H2,1-4H3,(H,40,41)/t19-/m1/s1. The van der Waals surface area contributed by atoms with E-state index in [0.29, 0.717) is 40.5 Å². The Morgan fingerprint density at radius 1 is 1.07 bits per heavy atom. The van der Waals surface area contributed by atoms with Crippen LogP contribution in [0.4, 0.5) is 16.4 Å². The third-order valence-corrected chi connectivity index (χ3v) is 7.97. The second-order valence-electron chi connectivity index (χ2n) is 10.7. The normalized spacial score (nSPS) is 16.4. The number of fused-ring (bicyclic) bond motifs is 1. The van der Waals surface area contributed by atoms with Gasteiger partial charge in [0.2, 0.25) is 0 Å². The first-order chi connectivity index (χ1) is 19.7. The Kier molecular flexibility index (Phi) is 6.64. The summed E-state index contributed by atoms with van der Waals surface area (Å²) < 4.78 is 1.97. The van der Waals surface area contributed by atoms with Crippen LogP contribution in [0.1, 0.15) is 52.8 Å². The molecule has 1 saturated heterocycles. The number of hydrogen-bond donors (Lipinski definition) is 1. The monoisotopic (exact) mass is 552 g/mol. The van der Waals surface area contributed by atoms with Crippen LogP contribution in [0.5, 0.6) is 0 Å². The van der Waals surface area contributed by atoms with E-state index in [4.69, 9.17) is 9.97 Å². The molecule has 5 heterocycles. The SMILES string of the molecule is Cc1ccccc1-n1c(C)nnc1-c1cccc(N2Cc3c(cc(N4CCC[C@H]4C)nc3CN(C)C(=O)O)C2=O)n1. The van der Waals surface area contributed by atoms with Gasteiger partial charge in [0.1, 0.15) is 23.2 Å². The molecule has 0 saturated carbocycles. The molecular weight excluding hydrogens is 520 g/mol. The van der Waals surface area contributed by atoms with E-state index in [1.54, 1.807) is 11.0 Å². The Labute approximate surface area is 238 Å². The minimum atomic E-state index is -1.05. The molecule has 0 radical (unpaired) electrons. The molecule has 2 amide bonds. The molecule has 2 aliphatic rings. The molecule has 3 aromatic heterocycles. The van der Waals surface area contributed by atoms with E-state index in [0.717, 1.165) is 42.0 Å². The van der Waals surface area contributed by atoms with Gasteiger partial charge < -0.3 is 14.9 Å². The minimum Gasteiger partial charge on any atom is -0.465 e. The number of anilines is 2. The average molecular weight is 553 g/mol. The third-order valence-electron chi connectivity index (χ3n) is 7.97. The second kappa shape index (κ2) is 10.3. The zero-order chi connectivity index (χ0) is 28.8. The largest absolute Gasteiger partial charge is 0.465 e. The van der Waals surface area contributed by atoms with Gasteiger partial charge in [-0.05, 0) is 63.4 Å². The average Bonchev–Trinajstić information content (AvgIpc) is 3.66. The molecule has 11 nitrogen and oxygen atoms in total. The van der Waals surface area contributed by atoms with E-state index >= 15 is 0 Å². The summed E-state index contributed by atoms with van der Waals surface area (Å²) in [6.45, 7) is 7.26. The summed E-state index contributed by atoms with van der Waals surface area (Å²) >= 11 is 0. The Balaban J connectivity index is 1.39. The van der Waals surface area contributed by atoms with Gasteiger partial charge >= 0.3 is 6.09 Å². The van der Waals surface area contributed by atoms with Crippen LogP contribution < -0.4 is 9.80 Å². The maximum atomic E-state index is 13.9. The van der Waals surface area contributed by atoms with Gasteiger partial charge in [0, 0.05) is 25.2 Å². The zero-order valence-corrected chi connectivity index (χ0v) is 23.6. The highest BCUT2D eigenvalue weighted by Crippen LogP contribution is 2.35. The number of amides is 2. The van der Waals surface area contributed by atoms with Gasteiger partial charge in [-0.1, -0.05) is 24.3 Å². The van der Waals surface area contributed by atoms with Gasteiger partial charge in [0.05, 0.1) is 30.0 Å². The zero-order valence-electron chi connectivity index (χ0n) is 23.6. The van der Waals surface area contributed by atoms with Crippen LogP contribution in [0.15, 0.2) is 48.5 Å². The minimum absolute atomic E-state index is 0.0844. The number of carbonyl (C=O) groups excluding carboxylic acids is 1. The van der Waals surface area contributed by atoms with E-state index < -0.39 is 6.09 Å². The second-order valence-corrected chi connectivity index (χ2v) is 10.7. The molecule has 6 rings (SSSR count). The van der Waals surface area contributed by atoms with Crippen molar-refractivity contribution in [2.75, 3.05) is 23.4 Å². The fourth-order valence-corrected chi connectivity index (χ4v) is 5.71. The van der Waals surface area contributed by atoms with E-state index in [9.17, 15) is 14.7 Å². The summed E-state index contributed by atoms with van der Waals surface area (Å²) in [6.07, 6.45) is 1.05. The number of hydrogen-bond acceptors (Lipinski definition) is 7. The highest BCUT2D eigenvalue weighted by Gasteiger charge is 2.35. The van der Waals surface area contributed by atoms with Crippen molar-refractivity contribution in [1.82, 2.24) is 29.6 Å². The molecule has 0 unspecified atom stereocenters. The quantitative estimate of drug-likeness (QED) is 0.369. The van der Waals surface area contributed by atoms with Crippen molar-refractivity contribution in [3.8, 4) is 17.2 Å². The lowest BCUT2D eigenvalue weighted by molar-refractivity contribution is 0.0996. The van der Waals surface area contributed by atoms with Crippen molar-refractivity contribution < 1.29 is 14.7 Å². The van der Waals surface area contributed by atoms with Crippen molar-refractivity contribution in [2.45, 2.75) is 52.7 Å². The van der Waals surface area contributed by atoms with Crippen LogP contribution in [0, 0.1) is 13.8 Å². The number of aryl methyl sites for hydroxylation is 2. The lowest BCUT2D eigenvalue weighted by Gasteiger charge is -2.24. The number of aromatic nitrogens is 5. The maximum Gasteiger partial charge on any atom is 0.407 e. The fraction of sp³-hybridized carbons (Fsp3) is 0.333. The Morgan fingerprint density at radius 2 is 1.88 bits per heavy atom. The summed E-state index contributed by atoms with van der Waals surface area (Å²) in [7, 11) is 1.51. The first kappa shape index (κ1) is 26.4. The van der Waals surface area contributed by atoms with Crippen LogP contribution in [0.3, 0.4) is 0 Å². The number of pyridine rings is 2. The number of carbonyl (C=O) groups is 2. The lowest BCUT2D eigenvalue weighted by Crippen LogP contribution is -2.29. The van der Waals surface area contributed by atoms with Gasteiger partial charge in [0.25, 0.3) is 5.91 Å². The molecule has 1 atom stereocenters. The molecule has 210 valence electrons. The van der Waals surface area contributed by atoms with E-state index in [2.05, 4.69) is 22.0 Å². The fourth-order valence-electron chi connectivity index (χ4n) is 5.71. The smallest absolute Gasteiger partial charge is 0.407 e. The van der Waals surface area contributed by atoms with Crippen molar-refractivity contribution in [1.29, 1.82) is 0 Å². The molecule has 1 aromatic carbocycles. The van der Waals surface area contributed by atoms with Gasteiger partial charge in [-0.25, -0.2) is 14.8 Å². The molecule has 2 aliphatic heterocycles. The molecule has 0 spiro atoms. The topological polar surface area (TPSA) is 121 Å². The van der Waals surface area contributed by atoms with Crippen LogP contribution in [-0.4, -0.2) is 66.4 Å². The third kappa shape index (κ3) is 4.66. The molecule has 11 heteroatoms. The number of carboxylic acid groups (broad SMARTS) is 1. The number of para-hydroxylation sites is 1. The predicted molar refractivity (Wildman–Crippen MR) is 154 cm³/mol. The van der Waals surface area contributed by atoms with Gasteiger partial charge in [0.15, 0.2) is 5.82 Å². The molecule has 4 aromatic rings. The number of nitrogens with zero attached hydrogens (tertiary/aromatic N) is 8. The summed E-state index contributed by atoms with van der Waals surface area (Å²) in [5.74, 6) is 2.32. The lowest BCUT2D eigenvalue weighted by atomic mass is 10.1. The summed E-state index contributed by atoms with van der Waals surface area (Å²) in [5, 5.41) is 18.3. The summed E-state index contributed by atoms with van der Waals surface area (Å²) in [6, 6.07) is 15.7. The highest BCUT2D eigenvalue weighted by molar-refractivity contribution is 6.10. The molecule has 41 heavy (non-hydrogen) atoms. The van der Waals surface area contributed by atoms with E-state index in [1.807, 2.05) is 60.9 Å².